The maximum Gasteiger partial charge on any atom is 0.237 e. The minimum absolute atomic E-state index is 0.0902. The third-order valence-electron chi connectivity index (χ3n) is 3.79. The highest BCUT2D eigenvalue weighted by Gasteiger charge is 2.21. The summed E-state index contributed by atoms with van der Waals surface area (Å²) in [5.74, 6) is 0.130. The lowest BCUT2D eigenvalue weighted by Gasteiger charge is -2.30. The van der Waals surface area contributed by atoms with E-state index in [1.54, 1.807) is 24.3 Å². The molecule has 0 unspecified atom stereocenters. The fourth-order valence-electron chi connectivity index (χ4n) is 2.44. The van der Waals surface area contributed by atoms with Crippen LogP contribution in [0.4, 0.5) is 0 Å². The van der Waals surface area contributed by atoms with Crippen molar-refractivity contribution in [2.24, 2.45) is 5.73 Å². The molecular formula is C15H23N3O2. The molecule has 1 atom stereocenters. The van der Waals surface area contributed by atoms with Crippen LogP contribution in [0.25, 0.3) is 0 Å². The molecule has 1 amide bonds. The van der Waals surface area contributed by atoms with Crippen LogP contribution >= 0.6 is 0 Å². The number of hydrogen-bond acceptors (Lipinski definition) is 4. The standard InChI is InChI=1S/C15H23N3O2/c1-18-8-6-12(7-9-18)17-15(20)14(16)10-11-2-4-13(19)5-3-11/h2-5,12,14,19H,6-10,16H2,1H3,(H,17,20)/t14-/m1/s1. The number of phenolic OH excluding ortho intramolecular Hbond substituents is 1. The van der Waals surface area contributed by atoms with E-state index >= 15 is 0 Å². The average Bonchev–Trinajstić information content (AvgIpc) is 2.44. The summed E-state index contributed by atoms with van der Waals surface area (Å²) in [6.07, 6.45) is 2.45. The first-order chi connectivity index (χ1) is 9.54. The van der Waals surface area contributed by atoms with Gasteiger partial charge >= 0.3 is 0 Å². The van der Waals surface area contributed by atoms with E-state index in [9.17, 15) is 9.90 Å². The second kappa shape index (κ2) is 6.72. The van der Waals surface area contributed by atoms with Crippen LogP contribution in [0, 0.1) is 0 Å². The summed E-state index contributed by atoms with van der Waals surface area (Å²) in [5, 5.41) is 12.3. The van der Waals surface area contributed by atoms with E-state index in [4.69, 9.17) is 5.73 Å². The number of nitrogens with zero attached hydrogens (tertiary/aromatic N) is 1. The maximum absolute atomic E-state index is 12.1. The van der Waals surface area contributed by atoms with Gasteiger partial charge in [0.15, 0.2) is 0 Å². The van der Waals surface area contributed by atoms with Crippen molar-refractivity contribution in [2.75, 3.05) is 20.1 Å². The molecule has 1 aliphatic heterocycles. The van der Waals surface area contributed by atoms with Crippen LogP contribution in [0.5, 0.6) is 5.75 Å². The van der Waals surface area contributed by atoms with E-state index in [2.05, 4.69) is 17.3 Å². The van der Waals surface area contributed by atoms with Crippen molar-refractivity contribution in [1.82, 2.24) is 10.2 Å². The van der Waals surface area contributed by atoms with Crippen LogP contribution in [0.3, 0.4) is 0 Å². The van der Waals surface area contributed by atoms with E-state index in [1.165, 1.54) is 0 Å². The molecule has 1 aromatic carbocycles. The average molecular weight is 277 g/mol. The second-order valence-electron chi connectivity index (χ2n) is 5.56. The number of carbonyl (C=O) groups is 1. The number of piperidine rings is 1. The zero-order valence-corrected chi connectivity index (χ0v) is 11.9. The van der Waals surface area contributed by atoms with Crippen LogP contribution in [0.1, 0.15) is 18.4 Å². The summed E-state index contributed by atoms with van der Waals surface area (Å²) < 4.78 is 0. The Balaban J connectivity index is 1.81. The Morgan fingerprint density at radius 1 is 1.40 bits per heavy atom. The Morgan fingerprint density at radius 2 is 2.00 bits per heavy atom. The summed E-state index contributed by atoms with van der Waals surface area (Å²) in [5.41, 5.74) is 6.90. The molecule has 0 radical (unpaired) electrons. The summed E-state index contributed by atoms with van der Waals surface area (Å²) in [6.45, 7) is 2.02. The highest BCUT2D eigenvalue weighted by molar-refractivity contribution is 5.82. The van der Waals surface area contributed by atoms with E-state index in [0.29, 0.717) is 6.42 Å². The van der Waals surface area contributed by atoms with E-state index in [1.807, 2.05) is 0 Å². The fraction of sp³-hybridized carbons (Fsp3) is 0.533. The van der Waals surface area contributed by atoms with Crippen molar-refractivity contribution in [3.05, 3.63) is 29.8 Å². The second-order valence-corrected chi connectivity index (χ2v) is 5.56. The van der Waals surface area contributed by atoms with Gasteiger partial charge in [-0.05, 0) is 57.1 Å². The molecule has 20 heavy (non-hydrogen) atoms. The monoisotopic (exact) mass is 277 g/mol. The SMILES string of the molecule is CN1CCC(NC(=O)[C@H](N)Cc2ccc(O)cc2)CC1. The number of hydrogen-bond donors (Lipinski definition) is 3. The highest BCUT2D eigenvalue weighted by Crippen LogP contribution is 2.12. The number of nitrogens with two attached hydrogens (primary N) is 1. The van der Waals surface area contributed by atoms with Crippen LogP contribution in [-0.4, -0.2) is 48.1 Å². The van der Waals surface area contributed by atoms with Crippen molar-refractivity contribution < 1.29 is 9.90 Å². The molecule has 0 aromatic heterocycles. The molecule has 1 aromatic rings. The largest absolute Gasteiger partial charge is 0.508 e. The first kappa shape index (κ1) is 14.8. The summed E-state index contributed by atoms with van der Waals surface area (Å²) >= 11 is 0. The van der Waals surface area contributed by atoms with Gasteiger partial charge in [0, 0.05) is 6.04 Å². The molecular weight excluding hydrogens is 254 g/mol. The molecule has 1 heterocycles. The molecule has 0 aliphatic carbocycles. The van der Waals surface area contributed by atoms with Crippen LogP contribution < -0.4 is 11.1 Å². The molecule has 4 N–H and O–H groups in total. The molecule has 1 aliphatic rings. The predicted octanol–water partition coefficient (Wildman–Crippen LogP) is 0.472. The van der Waals surface area contributed by atoms with E-state index in [-0.39, 0.29) is 17.7 Å². The Morgan fingerprint density at radius 3 is 2.60 bits per heavy atom. The van der Waals surface area contributed by atoms with Crippen LogP contribution in [0.15, 0.2) is 24.3 Å². The lowest BCUT2D eigenvalue weighted by atomic mass is 10.0. The molecule has 0 saturated carbocycles. The lowest BCUT2D eigenvalue weighted by molar-refractivity contribution is -0.123. The summed E-state index contributed by atoms with van der Waals surface area (Å²) in [6, 6.07) is 6.49. The van der Waals surface area contributed by atoms with E-state index < -0.39 is 6.04 Å². The van der Waals surface area contributed by atoms with Crippen LogP contribution in [0.2, 0.25) is 0 Å². The number of aromatic hydroxyl groups is 1. The normalized spacial score (nSPS) is 18.7. The highest BCUT2D eigenvalue weighted by atomic mass is 16.3. The van der Waals surface area contributed by atoms with Crippen molar-refractivity contribution >= 4 is 5.91 Å². The molecule has 2 rings (SSSR count). The Bertz CT molecular complexity index is 439. The molecule has 5 heteroatoms. The number of nitrogens with one attached hydrogen (secondary N) is 1. The predicted molar refractivity (Wildman–Crippen MR) is 78.4 cm³/mol. The molecule has 0 spiro atoms. The zero-order valence-electron chi connectivity index (χ0n) is 11.9. The van der Waals surface area contributed by atoms with Gasteiger partial charge in [-0.2, -0.15) is 0 Å². The Kier molecular flexibility index (Phi) is 4.98. The topological polar surface area (TPSA) is 78.6 Å². The zero-order chi connectivity index (χ0) is 14.5. The van der Waals surface area contributed by atoms with Gasteiger partial charge in [-0.15, -0.1) is 0 Å². The fourth-order valence-corrected chi connectivity index (χ4v) is 2.44. The third kappa shape index (κ3) is 4.21. The molecule has 1 fully saturated rings. The van der Waals surface area contributed by atoms with Gasteiger partial charge in [0.1, 0.15) is 5.75 Å². The smallest absolute Gasteiger partial charge is 0.237 e. The molecule has 5 nitrogen and oxygen atoms in total. The van der Waals surface area contributed by atoms with Gasteiger partial charge < -0.3 is 21.1 Å². The number of carbonyl (C=O) groups excluding carboxylic acids is 1. The van der Waals surface area contributed by atoms with Gasteiger partial charge in [-0.3, -0.25) is 4.79 Å². The third-order valence-corrected chi connectivity index (χ3v) is 3.79. The number of rotatable bonds is 4. The lowest BCUT2D eigenvalue weighted by Crippen LogP contribution is -2.49. The van der Waals surface area contributed by atoms with Crippen molar-refractivity contribution in [3.8, 4) is 5.75 Å². The first-order valence-electron chi connectivity index (χ1n) is 7.07. The number of benzene rings is 1. The van der Waals surface area contributed by atoms with Crippen molar-refractivity contribution in [3.63, 3.8) is 0 Å². The molecule has 1 saturated heterocycles. The summed E-state index contributed by atoms with van der Waals surface area (Å²) in [4.78, 5) is 14.3. The van der Waals surface area contributed by atoms with E-state index in [0.717, 1.165) is 31.5 Å². The minimum atomic E-state index is -0.542. The van der Waals surface area contributed by atoms with Gasteiger partial charge in [0.05, 0.1) is 6.04 Å². The quantitative estimate of drug-likeness (QED) is 0.747. The van der Waals surface area contributed by atoms with Gasteiger partial charge in [-0.25, -0.2) is 0 Å². The minimum Gasteiger partial charge on any atom is -0.508 e. The molecule has 110 valence electrons. The first-order valence-corrected chi connectivity index (χ1v) is 7.07. The Hall–Kier alpha value is -1.59. The number of likely N-dealkylation sites (tertiary alicyclic amines) is 1. The Labute approximate surface area is 119 Å². The maximum atomic E-state index is 12.1. The number of phenols is 1. The van der Waals surface area contributed by atoms with Gasteiger partial charge in [0.25, 0.3) is 0 Å². The van der Waals surface area contributed by atoms with Crippen molar-refractivity contribution in [2.45, 2.75) is 31.3 Å². The van der Waals surface area contributed by atoms with Gasteiger partial charge in [-0.1, -0.05) is 12.1 Å². The van der Waals surface area contributed by atoms with Crippen molar-refractivity contribution in [1.29, 1.82) is 0 Å². The van der Waals surface area contributed by atoms with Crippen LogP contribution in [-0.2, 0) is 11.2 Å². The summed E-state index contributed by atoms with van der Waals surface area (Å²) in [7, 11) is 2.09. The number of amides is 1. The van der Waals surface area contributed by atoms with Gasteiger partial charge in [0.2, 0.25) is 5.91 Å². The molecule has 0 bridgehead atoms.